The van der Waals surface area contributed by atoms with Crippen molar-refractivity contribution in [3.8, 4) is 0 Å². The zero-order valence-electron chi connectivity index (χ0n) is 8.84. The molecule has 0 amide bonds. The van der Waals surface area contributed by atoms with E-state index in [1.165, 1.54) is 6.07 Å². The molecule has 0 saturated heterocycles. The lowest BCUT2D eigenvalue weighted by Gasteiger charge is -2.18. The minimum Gasteiger partial charge on any atom is -0.303 e. The van der Waals surface area contributed by atoms with Crippen LogP contribution in [-0.2, 0) is 10.7 Å². The third kappa shape index (κ3) is 2.85. The molecule has 0 aliphatic rings. The molecule has 0 heterocycles. The minimum absolute atomic E-state index is 0.0133. The number of benzene rings is 1. The van der Waals surface area contributed by atoms with Crippen LogP contribution in [0.5, 0.6) is 0 Å². The number of aldehydes is 1. The van der Waals surface area contributed by atoms with Crippen LogP contribution in [0.2, 0.25) is 0 Å². The Kier molecular flexibility index (Phi) is 3.56. The van der Waals surface area contributed by atoms with E-state index in [2.05, 4.69) is 0 Å². The highest BCUT2D eigenvalue weighted by atomic mass is 19.3. The van der Waals surface area contributed by atoms with Crippen molar-refractivity contribution >= 4 is 6.29 Å². The van der Waals surface area contributed by atoms with Crippen LogP contribution in [0.1, 0.15) is 37.3 Å². The molecule has 1 unspecified atom stereocenters. The first kappa shape index (κ1) is 11.8. The number of alkyl halides is 2. The Bertz CT molecular complexity index is 342. The molecule has 0 bridgehead atoms. The standard InChI is InChI=1S/C12H14F2O/c1-9(7-8-15)10-5-3-4-6-11(10)12(2,13)14/h3-6,8-9H,7H2,1-2H3. The highest BCUT2D eigenvalue weighted by Gasteiger charge is 2.28. The molecule has 0 radical (unpaired) electrons. The maximum Gasteiger partial charge on any atom is 0.270 e. The van der Waals surface area contributed by atoms with Gasteiger partial charge < -0.3 is 4.79 Å². The van der Waals surface area contributed by atoms with E-state index in [9.17, 15) is 13.6 Å². The van der Waals surface area contributed by atoms with E-state index in [0.717, 1.165) is 13.2 Å². The molecule has 0 aliphatic heterocycles. The maximum atomic E-state index is 13.2. The van der Waals surface area contributed by atoms with Crippen molar-refractivity contribution in [3.63, 3.8) is 0 Å². The molecule has 0 aromatic heterocycles. The van der Waals surface area contributed by atoms with Crippen LogP contribution in [0.15, 0.2) is 24.3 Å². The van der Waals surface area contributed by atoms with Crippen molar-refractivity contribution in [2.75, 3.05) is 0 Å². The average Bonchev–Trinajstić information content (AvgIpc) is 2.17. The normalized spacial score (nSPS) is 13.6. The molecule has 82 valence electrons. The van der Waals surface area contributed by atoms with Gasteiger partial charge in [-0.05, 0) is 11.5 Å². The van der Waals surface area contributed by atoms with Gasteiger partial charge >= 0.3 is 0 Å². The van der Waals surface area contributed by atoms with Gasteiger partial charge in [-0.25, -0.2) is 8.78 Å². The lowest BCUT2D eigenvalue weighted by Crippen LogP contribution is -2.12. The molecule has 0 aliphatic carbocycles. The molecule has 1 atom stereocenters. The quantitative estimate of drug-likeness (QED) is 0.698. The number of hydrogen-bond donors (Lipinski definition) is 0. The number of rotatable bonds is 4. The number of halogens is 2. The molecule has 0 fully saturated rings. The summed E-state index contributed by atoms with van der Waals surface area (Å²) in [5.41, 5.74) is 0.566. The Balaban J connectivity index is 3.12. The molecule has 3 heteroatoms. The Morgan fingerprint density at radius 1 is 1.40 bits per heavy atom. The molecular weight excluding hydrogens is 198 g/mol. The molecule has 1 aromatic rings. The predicted octanol–water partition coefficient (Wildman–Crippen LogP) is 3.49. The topological polar surface area (TPSA) is 17.1 Å². The Labute approximate surface area is 88.1 Å². The molecule has 1 aromatic carbocycles. The monoisotopic (exact) mass is 212 g/mol. The van der Waals surface area contributed by atoms with Crippen molar-refractivity contribution in [1.29, 1.82) is 0 Å². The van der Waals surface area contributed by atoms with Gasteiger partial charge in [-0.3, -0.25) is 0 Å². The van der Waals surface area contributed by atoms with Crippen molar-refractivity contribution in [3.05, 3.63) is 35.4 Å². The first-order chi connectivity index (χ1) is 6.96. The van der Waals surface area contributed by atoms with Gasteiger partial charge in [0.2, 0.25) is 0 Å². The molecule has 0 saturated carbocycles. The molecular formula is C12H14F2O. The second-order valence-corrected chi connectivity index (χ2v) is 3.78. The predicted molar refractivity (Wildman–Crippen MR) is 55.1 cm³/mol. The number of carbonyl (C=O) groups excluding carboxylic acids is 1. The first-order valence-electron chi connectivity index (χ1n) is 4.87. The lowest BCUT2D eigenvalue weighted by molar-refractivity contribution is -0.108. The maximum absolute atomic E-state index is 13.2. The lowest BCUT2D eigenvalue weighted by atomic mass is 9.91. The summed E-state index contributed by atoms with van der Waals surface area (Å²) in [7, 11) is 0. The van der Waals surface area contributed by atoms with E-state index in [4.69, 9.17) is 0 Å². The summed E-state index contributed by atoms with van der Waals surface area (Å²) in [5, 5.41) is 0. The van der Waals surface area contributed by atoms with Crippen molar-refractivity contribution in [1.82, 2.24) is 0 Å². The van der Waals surface area contributed by atoms with Gasteiger partial charge in [0.05, 0.1) is 0 Å². The van der Waals surface area contributed by atoms with Gasteiger partial charge in [0.1, 0.15) is 6.29 Å². The fraction of sp³-hybridized carbons (Fsp3) is 0.417. The van der Waals surface area contributed by atoms with Gasteiger partial charge in [-0.1, -0.05) is 31.2 Å². The molecule has 0 N–H and O–H groups in total. The summed E-state index contributed by atoms with van der Waals surface area (Å²) in [4.78, 5) is 10.4. The summed E-state index contributed by atoms with van der Waals surface area (Å²) in [6.07, 6.45) is 1.03. The number of hydrogen-bond acceptors (Lipinski definition) is 1. The van der Waals surface area contributed by atoms with Crippen LogP contribution < -0.4 is 0 Å². The zero-order valence-corrected chi connectivity index (χ0v) is 8.84. The van der Waals surface area contributed by atoms with Crippen LogP contribution >= 0.6 is 0 Å². The smallest absolute Gasteiger partial charge is 0.270 e. The second-order valence-electron chi connectivity index (χ2n) is 3.78. The van der Waals surface area contributed by atoms with Crippen LogP contribution in [0.4, 0.5) is 8.78 Å². The molecule has 15 heavy (non-hydrogen) atoms. The summed E-state index contributed by atoms with van der Waals surface area (Å²) in [6.45, 7) is 2.65. The zero-order chi connectivity index (χ0) is 11.5. The Hall–Kier alpha value is -1.25. The first-order valence-corrected chi connectivity index (χ1v) is 4.87. The van der Waals surface area contributed by atoms with Crippen LogP contribution in [0.3, 0.4) is 0 Å². The Morgan fingerprint density at radius 3 is 2.53 bits per heavy atom. The van der Waals surface area contributed by atoms with Crippen molar-refractivity contribution in [2.24, 2.45) is 0 Å². The third-order valence-corrected chi connectivity index (χ3v) is 2.41. The van der Waals surface area contributed by atoms with E-state index >= 15 is 0 Å². The van der Waals surface area contributed by atoms with Crippen molar-refractivity contribution in [2.45, 2.75) is 32.1 Å². The highest BCUT2D eigenvalue weighted by molar-refractivity contribution is 5.52. The summed E-state index contributed by atoms with van der Waals surface area (Å²) < 4.78 is 26.5. The van der Waals surface area contributed by atoms with E-state index < -0.39 is 5.92 Å². The number of carbonyl (C=O) groups is 1. The largest absolute Gasteiger partial charge is 0.303 e. The fourth-order valence-electron chi connectivity index (χ4n) is 1.60. The summed E-state index contributed by atoms with van der Waals surface area (Å²) >= 11 is 0. The summed E-state index contributed by atoms with van der Waals surface area (Å²) in [5.74, 6) is -3.02. The highest BCUT2D eigenvalue weighted by Crippen LogP contribution is 2.34. The molecule has 1 rings (SSSR count). The minimum atomic E-state index is -2.85. The van der Waals surface area contributed by atoms with E-state index in [1.54, 1.807) is 25.1 Å². The molecule has 0 spiro atoms. The van der Waals surface area contributed by atoms with Gasteiger partial charge in [-0.2, -0.15) is 0 Å². The second kappa shape index (κ2) is 4.51. The summed E-state index contributed by atoms with van der Waals surface area (Å²) in [6, 6.07) is 6.37. The van der Waals surface area contributed by atoms with Crippen LogP contribution in [0.25, 0.3) is 0 Å². The van der Waals surface area contributed by atoms with E-state index in [-0.39, 0.29) is 17.9 Å². The van der Waals surface area contributed by atoms with Gasteiger partial charge in [0, 0.05) is 18.9 Å². The van der Waals surface area contributed by atoms with Crippen molar-refractivity contribution < 1.29 is 13.6 Å². The van der Waals surface area contributed by atoms with Gasteiger partial charge in [-0.15, -0.1) is 0 Å². The van der Waals surface area contributed by atoms with E-state index in [1.807, 2.05) is 0 Å². The Morgan fingerprint density at radius 2 is 2.00 bits per heavy atom. The van der Waals surface area contributed by atoms with Gasteiger partial charge in [0.25, 0.3) is 5.92 Å². The van der Waals surface area contributed by atoms with Crippen LogP contribution in [0, 0.1) is 0 Å². The van der Waals surface area contributed by atoms with Gasteiger partial charge in [0.15, 0.2) is 0 Å². The van der Waals surface area contributed by atoms with Crippen LogP contribution in [-0.4, -0.2) is 6.29 Å². The SMILES string of the molecule is CC(CC=O)c1ccccc1C(C)(F)F. The fourth-order valence-corrected chi connectivity index (χ4v) is 1.60. The third-order valence-electron chi connectivity index (χ3n) is 2.41. The van der Waals surface area contributed by atoms with E-state index in [0.29, 0.717) is 5.56 Å². The average molecular weight is 212 g/mol. The molecule has 1 nitrogen and oxygen atoms in total.